The number of rotatable bonds is 3. The summed E-state index contributed by atoms with van der Waals surface area (Å²) in [6, 6.07) is 3.35. The minimum absolute atomic E-state index is 0.00195. The summed E-state index contributed by atoms with van der Waals surface area (Å²) < 4.78 is 14.3. The third kappa shape index (κ3) is 2.70. The van der Waals surface area contributed by atoms with Crippen molar-refractivity contribution in [3.63, 3.8) is 0 Å². The van der Waals surface area contributed by atoms with Crippen molar-refractivity contribution in [2.45, 2.75) is 33.1 Å². The van der Waals surface area contributed by atoms with E-state index in [0.29, 0.717) is 35.0 Å². The minimum Gasteiger partial charge on any atom is -0.493 e. The number of pyridine rings is 2. The van der Waals surface area contributed by atoms with E-state index >= 15 is 0 Å². The van der Waals surface area contributed by atoms with Crippen LogP contribution in [0.15, 0.2) is 23.1 Å². The van der Waals surface area contributed by atoms with Gasteiger partial charge in [0.2, 0.25) is 5.75 Å². The van der Waals surface area contributed by atoms with E-state index in [9.17, 15) is 14.7 Å². The van der Waals surface area contributed by atoms with Crippen LogP contribution in [0.2, 0.25) is 0 Å². The van der Waals surface area contributed by atoms with Gasteiger partial charge in [0.15, 0.2) is 11.4 Å². The second-order valence-electron chi connectivity index (χ2n) is 8.67. The highest BCUT2D eigenvalue weighted by Crippen LogP contribution is 2.48. The van der Waals surface area contributed by atoms with E-state index in [2.05, 4.69) is 20.8 Å². The van der Waals surface area contributed by atoms with Crippen LogP contribution in [0.3, 0.4) is 0 Å². The fourth-order valence-electron chi connectivity index (χ4n) is 4.40. The SMILES string of the molecule is COc1ccn2c3c(nc2c1OC)-c1c(cc(C(=O)O)c(=O)n1C)[C@H](C(C)(C)C)C3. The van der Waals surface area contributed by atoms with Crippen molar-refractivity contribution in [3.05, 3.63) is 45.5 Å². The van der Waals surface area contributed by atoms with Gasteiger partial charge < -0.3 is 19.1 Å². The summed E-state index contributed by atoms with van der Waals surface area (Å²) in [5, 5.41) is 9.55. The molecule has 8 nitrogen and oxygen atoms in total. The molecule has 8 heteroatoms. The smallest absolute Gasteiger partial charge is 0.341 e. The third-order valence-electron chi connectivity index (χ3n) is 5.95. The number of methoxy groups -OCH3 is 2. The van der Waals surface area contributed by atoms with Crippen molar-refractivity contribution >= 4 is 11.6 Å². The van der Waals surface area contributed by atoms with Crippen LogP contribution >= 0.6 is 0 Å². The lowest BCUT2D eigenvalue weighted by atomic mass is 9.70. The summed E-state index contributed by atoms with van der Waals surface area (Å²) in [4.78, 5) is 29.3. The van der Waals surface area contributed by atoms with Gasteiger partial charge in [-0.15, -0.1) is 0 Å². The molecule has 1 N–H and O–H groups in total. The van der Waals surface area contributed by atoms with Gasteiger partial charge in [-0.1, -0.05) is 20.8 Å². The molecule has 0 spiro atoms. The summed E-state index contributed by atoms with van der Waals surface area (Å²) >= 11 is 0. The molecule has 1 aliphatic rings. The van der Waals surface area contributed by atoms with Crippen LogP contribution in [0.25, 0.3) is 17.0 Å². The third-order valence-corrected chi connectivity index (χ3v) is 5.95. The minimum atomic E-state index is -1.22. The molecule has 0 saturated heterocycles. The molecule has 1 atom stereocenters. The van der Waals surface area contributed by atoms with Crippen LogP contribution < -0.4 is 15.0 Å². The molecule has 0 radical (unpaired) electrons. The molecule has 0 fully saturated rings. The first-order valence-electron chi connectivity index (χ1n) is 9.69. The Morgan fingerprint density at radius 1 is 1.27 bits per heavy atom. The molecule has 4 rings (SSSR count). The Bertz CT molecular complexity index is 1250. The number of nitrogens with zero attached hydrogens (tertiary/aromatic N) is 3. The normalized spacial score (nSPS) is 15.6. The second-order valence-corrected chi connectivity index (χ2v) is 8.67. The molecule has 30 heavy (non-hydrogen) atoms. The van der Waals surface area contributed by atoms with Gasteiger partial charge in [0, 0.05) is 19.3 Å². The van der Waals surface area contributed by atoms with Crippen LogP contribution in [0, 0.1) is 5.41 Å². The molecular weight excluding hydrogens is 386 g/mol. The van der Waals surface area contributed by atoms with Crippen molar-refractivity contribution < 1.29 is 19.4 Å². The predicted molar refractivity (Wildman–Crippen MR) is 112 cm³/mol. The van der Waals surface area contributed by atoms with Crippen LogP contribution in [0.4, 0.5) is 0 Å². The van der Waals surface area contributed by atoms with Gasteiger partial charge >= 0.3 is 5.97 Å². The Kier molecular flexibility index (Phi) is 4.41. The number of hydrogen-bond donors (Lipinski definition) is 1. The first-order chi connectivity index (χ1) is 14.1. The maximum Gasteiger partial charge on any atom is 0.341 e. The lowest BCUT2D eigenvalue weighted by molar-refractivity contribution is 0.0694. The number of carboxylic acids is 1. The Labute approximate surface area is 173 Å². The average Bonchev–Trinajstić information content (AvgIpc) is 3.06. The summed E-state index contributed by atoms with van der Waals surface area (Å²) in [5.41, 5.74) is 2.74. The molecule has 3 aromatic rings. The van der Waals surface area contributed by atoms with Crippen molar-refractivity contribution in [3.8, 4) is 22.9 Å². The monoisotopic (exact) mass is 411 g/mol. The largest absolute Gasteiger partial charge is 0.493 e. The maximum absolute atomic E-state index is 12.8. The number of hydrogen-bond acceptors (Lipinski definition) is 5. The maximum atomic E-state index is 12.8. The molecule has 0 bridgehead atoms. The van der Waals surface area contributed by atoms with Gasteiger partial charge in [0.1, 0.15) is 11.3 Å². The van der Waals surface area contributed by atoms with Crippen LogP contribution in [0.1, 0.15) is 48.3 Å². The average molecular weight is 411 g/mol. The Morgan fingerprint density at radius 3 is 2.53 bits per heavy atom. The van der Waals surface area contributed by atoms with E-state index in [-0.39, 0.29) is 16.9 Å². The van der Waals surface area contributed by atoms with Crippen LogP contribution in [0.5, 0.6) is 11.5 Å². The lowest BCUT2D eigenvalue weighted by Crippen LogP contribution is -2.32. The highest BCUT2D eigenvalue weighted by Gasteiger charge is 2.38. The van der Waals surface area contributed by atoms with Gasteiger partial charge in [-0.05, 0) is 29.4 Å². The first kappa shape index (κ1) is 20.0. The van der Waals surface area contributed by atoms with E-state index in [1.165, 1.54) is 10.6 Å². The molecule has 0 aromatic carbocycles. The zero-order valence-corrected chi connectivity index (χ0v) is 17.9. The summed E-state index contributed by atoms with van der Waals surface area (Å²) in [6.07, 6.45) is 2.54. The van der Waals surface area contributed by atoms with E-state index in [1.54, 1.807) is 21.3 Å². The fraction of sp³-hybridized carbons (Fsp3) is 0.409. The van der Waals surface area contributed by atoms with Gasteiger partial charge in [0.25, 0.3) is 5.56 Å². The quantitative estimate of drug-likeness (QED) is 0.712. The summed E-state index contributed by atoms with van der Waals surface area (Å²) in [6.45, 7) is 6.35. The highest BCUT2D eigenvalue weighted by atomic mass is 16.5. The predicted octanol–water partition coefficient (Wildman–Crippen LogP) is 3.10. The lowest BCUT2D eigenvalue weighted by Gasteiger charge is -2.36. The standard InChI is InChI=1S/C22H25N3O5/c1-22(2,3)13-10-14-16(17-11(13)9-12(21(27)28)20(26)24(17)4)23-19-18(30-6)15(29-5)7-8-25(14)19/h7-9,13H,10H2,1-6H3,(H,27,28)/t13-/m1/s1. The number of carboxylic acid groups (broad SMARTS) is 1. The summed E-state index contributed by atoms with van der Waals surface area (Å²) in [7, 11) is 4.73. The second kappa shape index (κ2) is 6.62. The number of fused-ring (bicyclic) bond motifs is 5. The van der Waals surface area contributed by atoms with Crippen LogP contribution in [-0.4, -0.2) is 39.2 Å². The van der Waals surface area contributed by atoms with E-state index in [4.69, 9.17) is 14.5 Å². The topological polar surface area (TPSA) is 95.1 Å². The number of aromatic carboxylic acids is 1. The summed E-state index contributed by atoms with van der Waals surface area (Å²) in [5.74, 6) is -0.151. The zero-order valence-electron chi connectivity index (χ0n) is 17.9. The van der Waals surface area contributed by atoms with Crippen molar-refractivity contribution in [1.29, 1.82) is 0 Å². The number of ether oxygens (including phenoxy) is 2. The van der Waals surface area contributed by atoms with Crippen molar-refractivity contribution in [1.82, 2.24) is 14.0 Å². The first-order valence-corrected chi connectivity index (χ1v) is 9.69. The Balaban J connectivity index is 2.14. The van der Waals surface area contributed by atoms with Gasteiger partial charge in [-0.3, -0.25) is 9.20 Å². The van der Waals surface area contributed by atoms with Gasteiger partial charge in [-0.25, -0.2) is 9.78 Å². The van der Waals surface area contributed by atoms with Gasteiger partial charge in [-0.2, -0.15) is 0 Å². The molecule has 3 aromatic heterocycles. The number of aromatic nitrogens is 3. The van der Waals surface area contributed by atoms with Crippen LogP contribution in [-0.2, 0) is 13.5 Å². The van der Waals surface area contributed by atoms with E-state index < -0.39 is 11.5 Å². The Morgan fingerprint density at radius 2 is 1.97 bits per heavy atom. The molecule has 0 unspecified atom stereocenters. The molecule has 3 heterocycles. The zero-order chi connectivity index (χ0) is 22.0. The highest BCUT2D eigenvalue weighted by molar-refractivity contribution is 5.88. The fourth-order valence-corrected chi connectivity index (χ4v) is 4.40. The molecule has 0 saturated carbocycles. The van der Waals surface area contributed by atoms with Crippen molar-refractivity contribution in [2.24, 2.45) is 12.5 Å². The van der Waals surface area contributed by atoms with Gasteiger partial charge in [0.05, 0.1) is 25.6 Å². The van der Waals surface area contributed by atoms with E-state index in [1.807, 2.05) is 16.7 Å². The Hall–Kier alpha value is -3.29. The number of imidazole rings is 1. The van der Waals surface area contributed by atoms with E-state index in [0.717, 1.165) is 11.3 Å². The molecule has 158 valence electrons. The molecular formula is C22H25N3O5. The molecule has 0 amide bonds. The molecule has 1 aliphatic carbocycles. The molecule has 0 aliphatic heterocycles. The number of carbonyl (C=O) groups is 1. The van der Waals surface area contributed by atoms with Crippen molar-refractivity contribution in [2.75, 3.05) is 14.2 Å².